The van der Waals surface area contributed by atoms with Gasteiger partial charge in [0.15, 0.2) is 0 Å². The standard InChI is InChI=1S/C61H42N2/c1-6-20-43(21-7-1)45-34-39-60(55(40-45)44-22-8-2-9-23-44)63(48-28-14-5-15-29-48)50-36-38-54-52-31-17-19-33-57(52)61(59(54)42-50)56-32-18-16-30-51(56)53-37-35-49(41-58(53)61)62(46-24-10-3-11-25-46)47-26-12-4-13-27-47/h1-42H/i3D,10D,11D,24D,25D. The van der Waals surface area contributed by atoms with Crippen LogP contribution in [0.5, 0.6) is 0 Å². The quantitative estimate of drug-likeness (QED) is 0.151. The summed E-state index contributed by atoms with van der Waals surface area (Å²) in [6, 6.07) is 76.9. The smallest absolute Gasteiger partial charge is 0.0727 e. The van der Waals surface area contributed by atoms with E-state index < -0.39 is 11.5 Å². The number of rotatable bonds is 8. The van der Waals surface area contributed by atoms with Crippen LogP contribution >= 0.6 is 0 Å². The SMILES string of the molecule is [2H]c1c([2H])c([2H])c(N(c2ccccc2)c2ccc3c(c2)C2(c4ccccc4-c4ccc(N(c5ccccc5)c5ccc(-c6ccccc6)cc5-c5ccccc5)cc42)c2ccccc2-3)c([2H])c1[2H]. The van der Waals surface area contributed by atoms with E-state index in [1.165, 1.54) is 0 Å². The van der Waals surface area contributed by atoms with Crippen LogP contribution in [0.4, 0.5) is 34.1 Å². The Bertz CT molecular complexity index is 3540. The number of hydrogen-bond acceptors (Lipinski definition) is 2. The van der Waals surface area contributed by atoms with Crippen molar-refractivity contribution in [1.82, 2.24) is 0 Å². The number of para-hydroxylation sites is 3. The maximum atomic E-state index is 9.19. The number of hydrogen-bond donors (Lipinski definition) is 0. The van der Waals surface area contributed by atoms with Gasteiger partial charge in [-0.05, 0) is 134 Å². The van der Waals surface area contributed by atoms with Crippen LogP contribution in [0.25, 0.3) is 44.5 Å². The van der Waals surface area contributed by atoms with Crippen molar-refractivity contribution in [3.05, 3.63) is 277 Å². The molecule has 10 aromatic carbocycles. The Kier molecular flexibility index (Phi) is 7.56. The molecular formula is C61H42N2. The third-order valence-electron chi connectivity index (χ3n) is 12.7. The van der Waals surface area contributed by atoms with Crippen molar-refractivity contribution >= 4 is 34.1 Å². The second kappa shape index (κ2) is 15.1. The Balaban J connectivity index is 1.13. The molecule has 0 aliphatic heterocycles. The van der Waals surface area contributed by atoms with E-state index in [-0.39, 0.29) is 29.9 Å². The molecule has 1 atom stereocenters. The lowest BCUT2D eigenvalue weighted by Gasteiger charge is -2.33. The first kappa shape index (κ1) is 31.6. The molecular weight excluding hydrogens is 761 g/mol. The zero-order valence-electron chi connectivity index (χ0n) is 39.3. The summed E-state index contributed by atoms with van der Waals surface area (Å²) in [5.74, 6) is 0. The lowest BCUT2D eigenvalue weighted by Crippen LogP contribution is -2.26. The molecule has 2 heteroatoms. The fourth-order valence-corrected chi connectivity index (χ4v) is 10.1. The van der Waals surface area contributed by atoms with E-state index in [9.17, 15) is 2.74 Å². The van der Waals surface area contributed by atoms with Crippen LogP contribution in [0.15, 0.2) is 255 Å². The maximum Gasteiger partial charge on any atom is 0.0727 e. The number of nitrogens with zero attached hydrogens (tertiary/aromatic N) is 2. The molecule has 0 heterocycles. The summed E-state index contributed by atoms with van der Waals surface area (Å²) in [6.45, 7) is 0. The van der Waals surface area contributed by atoms with Gasteiger partial charge in [-0.1, -0.05) is 182 Å². The van der Waals surface area contributed by atoms with Crippen LogP contribution in [0.2, 0.25) is 0 Å². The Hall–Kier alpha value is -8.20. The van der Waals surface area contributed by atoms with Crippen molar-refractivity contribution in [1.29, 1.82) is 0 Å². The minimum atomic E-state index is -0.784. The molecule has 12 rings (SSSR count). The van der Waals surface area contributed by atoms with Gasteiger partial charge in [-0.3, -0.25) is 0 Å². The molecule has 0 saturated heterocycles. The molecule has 0 amide bonds. The van der Waals surface area contributed by atoms with Gasteiger partial charge in [0.2, 0.25) is 0 Å². The second-order valence-corrected chi connectivity index (χ2v) is 16.1. The van der Waals surface area contributed by atoms with Crippen molar-refractivity contribution in [2.75, 3.05) is 9.80 Å². The molecule has 296 valence electrons. The first-order valence-electron chi connectivity index (χ1n) is 23.9. The van der Waals surface area contributed by atoms with E-state index in [0.717, 1.165) is 83.8 Å². The molecule has 0 N–H and O–H groups in total. The molecule has 2 aliphatic carbocycles. The molecule has 10 aromatic rings. The van der Waals surface area contributed by atoms with Crippen LogP contribution in [0.3, 0.4) is 0 Å². The highest BCUT2D eigenvalue weighted by Gasteiger charge is 2.52. The summed E-state index contributed by atoms with van der Waals surface area (Å²) < 4.78 is 44.2. The molecule has 2 aliphatic rings. The predicted molar refractivity (Wildman–Crippen MR) is 263 cm³/mol. The molecule has 0 radical (unpaired) electrons. The monoisotopic (exact) mass is 807 g/mol. The zero-order valence-corrected chi connectivity index (χ0v) is 34.3. The van der Waals surface area contributed by atoms with Crippen LogP contribution in [0.1, 0.15) is 29.1 Å². The summed E-state index contributed by atoms with van der Waals surface area (Å²) in [6.07, 6.45) is 0. The van der Waals surface area contributed by atoms with E-state index in [2.05, 4.69) is 187 Å². The number of benzene rings is 10. The van der Waals surface area contributed by atoms with Crippen molar-refractivity contribution in [2.24, 2.45) is 0 Å². The molecule has 63 heavy (non-hydrogen) atoms. The Labute approximate surface area is 376 Å². The molecule has 1 unspecified atom stereocenters. The summed E-state index contributed by atoms with van der Waals surface area (Å²) in [7, 11) is 0. The van der Waals surface area contributed by atoms with E-state index >= 15 is 0 Å². The Morgan fingerprint density at radius 1 is 0.286 bits per heavy atom. The maximum absolute atomic E-state index is 9.19. The molecule has 2 nitrogen and oxygen atoms in total. The van der Waals surface area contributed by atoms with E-state index in [4.69, 9.17) is 4.11 Å². The summed E-state index contributed by atoms with van der Waals surface area (Å²) >= 11 is 0. The van der Waals surface area contributed by atoms with Gasteiger partial charge in [-0.2, -0.15) is 0 Å². The first-order chi connectivity index (χ1) is 33.3. The molecule has 0 aromatic heterocycles. The third kappa shape index (κ3) is 5.87. The molecule has 0 saturated carbocycles. The summed E-state index contributed by atoms with van der Waals surface area (Å²) in [4.78, 5) is 4.19. The van der Waals surface area contributed by atoms with Gasteiger partial charge in [-0.25, -0.2) is 0 Å². The molecule has 0 bridgehead atoms. The van der Waals surface area contributed by atoms with E-state index in [1.807, 2.05) is 47.4 Å². The first-order valence-corrected chi connectivity index (χ1v) is 21.4. The predicted octanol–water partition coefficient (Wildman–Crippen LogP) is 16.3. The topological polar surface area (TPSA) is 6.48 Å². The molecule has 1 spiro atoms. The van der Waals surface area contributed by atoms with Crippen molar-refractivity contribution in [3.8, 4) is 44.5 Å². The Morgan fingerprint density at radius 2 is 0.746 bits per heavy atom. The van der Waals surface area contributed by atoms with Gasteiger partial charge in [0, 0.05) is 34.0 Å². The third-order valence-corrected chi connectivity index (χ3v) is 12.7. The minimum absolute atomic E-state index is 0.0900. The highest BCUT2D eigenvalue weighted by molar-refractivity contribution is 5.98. The summed E-state index contributed by atoms with van der Waals surface area (Å²) in [5, 5.41) is 0. The average molecular weight is 808 g/mol. The van der Waals surface area contributed by atoms with Gasteiger partial charge in [0.05, 0.1) is 18.0 Å². The Morgan fingerprint density at radius 3 is 1.32 bits per heavy atom. The van der Waals surface area contributed by atoms with Gasteiger partial charge in [0.25, 0.3) is 0 Å². The average Bonchev–Trinajstić information content (AvgIpc) is 3.86. The van der Waals surface area contributed by atoms with Gasteiger partial charge in [-0.15, -0.1) is 0 Å². The van der Waals surface area contributed by atoms with E-state index in [1.54, 1.807) is 0 Å². The van der Waals surface area contributed by atoms with Crippen molar-refractivity contribution in [3.63, 3.8) is 0 Å². The molecule has 0 fully saturated rings. The van der Waals surface area contributed by atoms with E-state index in [0.29, 0.717) is 11.4 Å². The number of fused-ring (bicyclic) bond motifs is 10. The lowest BCUT2D eigenvalue weighted by atomic mass is 9.70. The number of anilines is 6. The van der Waals surface area contributed by atoms with Crippen molar-refractivity contribution < 1.29 is 6.85 Å². The normalized spacial score (nSPS) is 15.2. The van der Waals surface area contributed by atoms with Crippen LogP contribution < -0.4 is 9.80 Å². The largest absolute Gasteiger partial charge is 0.310 e. The summed E-state index contributed by atoms with van der Waals surface area (Å²) in [5.41, 5.74) is 17.2. The lowest BCUT2D eigenvalue weighted by molar-refractivity contribution is 0.793. The minimum Gasteiger partial charge on any atom is -0.310 e. The highest BCUT2D eigenvalue weighted by Crippen LogP contribution is 2.64. The van der Waals surface area contributed by atoms with Crippen molar-refractivity contribution in [2.45, 2.75) is 5.41 Å². The second-order valence-electron chi connectivity index (χ2n) is 16.1. The van der Waals surface area contributed by atoms with Gasteiger partial charge >= 0.3 is 0 Å². The van der Waals surface area contributed by atoms with Crippen LogP contribution in [0, 0.1) is 0 Å². The van der Waals surface area contributed by atoms with Crippen LogP contribution in [-0.2, 0) is 5.41 Å². The van der Waals surface area contributed by atoms with Crippen LogP contribution in [-0.4, -0.2) is 0 Å². The fourth-order valence-electron chi connectivity index (χ4n) is 10.1. The fraction of sp³-hybridized carbons (Fsp3) is 0.0164. The van der Waals surface area contributed by atoms with Gasteiger partial charge < -0.3 is 9.80 Å². The van der Waals surface area contributed by atoms with Gasteiger partial charge in [0.1, 0.15) is 0 Å². The highest BCUT2D eigenvalue weighted by atomic mass is 15.1. The zero-order chi connectivity index (χ0) is 46.1.